The lowest BCUT2D eigenvalue weighted by Gasteiger charge is -2.40. The summed E-state index contributed by atoms with van der Waals surface area (Å²) in [6.07, 6.45) is -1.24. The number of halogens is 6. The minimum atomic E-state index is -4.84. The second kappa shape index (κ2) is 15.5. The van der Waals surface area contributed by atoms with Crippen molar-refractivity contribution in [3.8, 4) is 22.8 Å². The van der Waals surface area contributed by atoms with Crippen LogP contribution in [-0.2, 0) is 13.1 Å². The van der Waals surface area contributed by atoms with Gasteiger partial charge in [-0.25, -0.2) is 14.2 Å². The van der Waals surface area contributed by atoms with E-state index in [1.54, 1.807) is 32.1 Å². The van der Waals surface area contributed by atoms with Gasteiger partial charge in [0, 0.05) is 40.0 Å². The van der Waals surface area contributed by atoms with E-state index >= 15 is 8.78 Å². The Morgan fingerprint density at radius 3 is 2.00 bits per heavy atom. The Morgan fingerprint density at radius 2 is 1.49 bits per heavy atom. The Morgan fingerprint density at radius 1 is 0.927 bits per heavy atom. The summed E-state index contributed by atoms with van der Waals surface area (Å²) in [4.78, 5) is 28.8. The third-order valence-electron chi connectivity index (χ3n) is 9.83. The molecule has 1 amide bonds. The maximum atomic E-state index is 17.1. The zero-order valence-electron chi connectivity index (χ0n) is 29.7. The number of nitrogens with zero attached hydrogens (tertiary/aromatic N) is 6. The van der Waals surface area contributed by atoms with Gasteiger partial charge in [0.15, 0.2) is 5.82 Å². The lowest BCUT2D eigenvalue weighted by molar-refractivity contribution is -0.0328. The summed E-state index contributed by atoms with van der Waals surface area (Å²) in [5, 5.41) is 9.61. The summed E-state index contributed by atoms with van der Waals surface area (Å²) in [6, 6.07) is 16.9. The monoisotopic (exact) mass is 892 g/mol. The molecule has 0 aliphatic carbocycles. The van der Waals surface area contributed by atoms with E-state index < -0.39 is 63.3 Å². The summed E-state index contributed by atoms with van der Waals surface area (Å²) in [7, 11) is 3.13. The highest BCUT2D eigenvalue weighted by Gasteiger charge is 2.44. The number of pyridine rings is 1. The van der Waals surface area contributed by atoms with Gasteiger partial charge < -0.3 is 24.4 Å². The fourth-order valence-corrected chi connectivity index (χ4v) is 8.56. The van der Waals surface area contributed by atoms with Crippen LogP contribution in [0.3, 0.4) is 0 Å². The van der Waals surface area contributed by atoms with Crippen LogP contribution in [0.1, 0.15) is 29.5 Å². The van der Waals surface area contributed by atoms with E-state index in [0.29, 0.717) is 52.4 Å². The number of carboxylic acid groups (broad SMARTS) is 1. The van der Waals surface area contributed by atoms with Crippen LogP contribution in [0.15, 0.2) is 65.6 Å². The van der Waals surface area contributed by atoms with Gasteiger partial charge in [-0.15, -0.1) is 0 Å². The van der Waals surface area contributed by atoms with Crippen molar-refractivity contribution in [1.29, 1.82) is 0 Å². The molecule has 2 fully saturated rings. The van der Waals surface area contributed by atoms with E-state index in [4.69, 9.17) is 14.5 Å². The van der Waals surface area contributed by atoms with Crippen LogP contribution in [0.4, 0.5) is 38.4 Å². The number of anilines is 2. The van der Waals surface area contributed by atoms with E-state index in [0.717, 1.165) is 17.2 Å². The summed E-state index contributed by atoms with van der Waals surface area (Å²) in [6.45, 7) is 2.63. The number of carbonyl (C=O) groups is 1. The van der Waals surface area contributed by atoms with E-state index in [1.165, 1.54) is 4.90 Å². The topological polar surface area (TPSA) is 104 Å². The molecule has 10 nitrogen and oxygen atoms in total. The Labute approximate surface area is 330 Å². The lowest BCUT2D eigenvalue weighted by Crippen LogP contribution is -2.55. The average molecular weight is 893 g/mol. The number of amides is 1. The maximum Gasteiger partial charge on any atom is 0.446 e. The summed E-state index contributed by atoms with van der Waals surface area (Å²) in [5.74, 6) is 0.407. The highest BCUT2D eigenvalue weighted by Crippen LogP contribution is 2.47. The molecule has 17 heteroatoms. The molecule has 2 aliphatic rings. The maximum absolute atomic E-state index is 17.1. The molecular weight excluding hydrogens is 858 g/mol. The molecule has 1 N–H and O–H groups in total. The number of aromatic nitrogens is 3. The highest BCUT2D eigenvalue weighted by atomic mass is 127. The predicted molar refractivity (Wildman–Crippen MR) is 207 cm³/mol. The third kappa shape index (κ3) is 8.03. The van der Waals surface area contributed by atoms with Gasteiger partial charge in [-0.3, -0.25) is 4.90 Å². The number of hydrogen-bond acceptors (Lipinski definition) is 9. The van der Waals surface area contributed by atoms with Crippen molar-refractivity contribution >= 4 is 63.0 Å². The predicted octanol–water partition coefficient (Wildman–Crippen LogP) is 9.05. The van der Waals surface area contributed by atoms with Crippen molar-refractivity contribution in [2.45, 2.75) is 55.3 Å². The first-order valence-electron chi connectivity index (χ1n) is 17.1. The number of benzene rings is 3. The third-order valence-corrected chi connectivity index (χ3v) is 12.0. The molecule has 288 valence electrons. The molecule has 0 saturated carbocycles. The van der Waals surface area contributed by atoms with Crippen molar-refractivity contribution in [1.82, 2.24) is 19.9 Å². The molecule has 4 heterocycles. The number of hydrogen-bond donors (Lipinski definition) is 1. The first kappa shape index (κ1) is 38.6. The van der Waals surface area contributed by atoms with Gasteiger partial charge in [0.1, 0.15) is 28.7 Å². The molecule has 2 unspecified atom stereocenters. The standard InChI is InChI=1S/C38H34F5IN6O4S/c1-20-14-29(48(16-21-4-10-25(53-2)11-5-21)17-22-6-12-26(54-3)13-7-22)45-34(32(20)44)30-28(55-38(41,42)43)15-27-33(31(30)39)46-36(40)47-35(27)49-18-23-8-9-24(19-49)50(23)37(51)52/h4-7,10-15,23-24H,8-9,16-19H2,1-3H3,(H,51,52). The molecular formula is C38H34F5IN6O4S. The second-order valence-corrected chi connectivity index (χ2v) is 15.5. The molecule has 7 rings (SSSR count). The van der Waals surface area contributed by atoms with Gasteiger partial charge >= 0.3 is 17.7 Å². The molecule has 2 atom stereocenters. The van der Waals surface area contributed by atoms with E-state index in [-0.39, 0.29) is 30.0 Å². The highest BCUT2D eigenvalue weighted by molar-refractivity contribution is 14.1. The van der Waals surface area contributed by atoms with Crippen LogP contribution >= 0.6 is 34.4 Å². The number of alkyl halides is 3. The molecule has 3 aromatic carbocycles. The average Bonchev–Trinajstić information content (AvgIpc) is 3.42. The number of aryl methyl sites for hydroxylation is 1. The van der Waals surface area contributed by atoms with Gasteiger partial charge in [0.25, 0.3) is 0 Å². The van der Waals surface area contributed by atoms with Crippen LogP contribution in [0.2, 0.25) is 0 Å². The number of thioether (sulfide) groups is 1. The number of fused-ring (bicyclic) bond motifs is 3. The fourth-order valence-electron chi connectivity index (χ4n) is 7.30. The van der Waals surface area contributed by atoms with Crippen molar-refractivity contribution < 1.29 is 41.3 Å². The molecule has 2 saturated heterocycles. The van der Waals surface area contributed by atoms with E-state index in [1.807, 2.05) is 76.0 Å². The molecule has 0 spiro atoms. The molecule has 2 aromatic heterocycles. The summed E-state index contributed by atoms with van der Waals surface area (Å²) in [5.41, 5.74) is -3.49. The van der Waals surface area contributed by atoms with Gasteiger partial charge in [-0.2, -0.15) is 27.5 Å². The first-order valence-corrected chi connectivity index (χ1v) is 19.0. The Balaban J connectivity index is 1.37. The number of ether oxygens (including phenoxy) is 2. The lowest BCUT2D eigenvalue weighted by atomic mass is 10.0. The van der Waals surface area contributed by atoms with Crippen molar-refractivity contribution in [2.24, 2.45) is 0 Å². The molecule has 2 aliphatic heterocycles. The SMILES string of the molecule is COc1ccc(CN(Cc2ccc(OC)cc2)c2cc(C)c(I)c(-c3c(SC(F)(F)F)cc4c(N5CC6CCC(C5)N6C(=O)O)nc(F)nc4c3F)n2)cc1. The molecule has 0 radical (unpaired) electrons. The van der Waals surface area contributed by atoms with E-state index in [9.17, 15) is 23.1 Å². The largest absolute Gasteiger partial charge is 0.497 e. The van der Waals surface area contributed by atoms with Gasteiger partial charge in [0.2, 0.25) is 0 Å². The normalized spacial score (nSPS) is 16.8. The molecule has 5 aromatic rings. The van der Waals surface area contributed by atoms with E-state index in [2.05, 4.69) is 9.97 Å². The Kier molecular flexibility index (Phi) is 10.9. The van der Waals surface area contributed by atoms with Gasteiger partial charge in [0.05, 0.1) is 37.6 Å². The zero-order valence-corrected chi connectivity index (χ0v) is 32.7. The smallest absolute Gasteiger partial charge is 0.446 e. The quantitative estimate of drug-likeness (QED) is 0.0633. The minimum absolute atomic E-state index is 0.0649. The molecule has 55 heavy (non-hydrogen) atoms. The number of methoxy groups -OCH3 is 2. The Hall–Kier alpha value is -4.65. The van der Waals surface area contributed by atoms with Crippen LogP contribution in [-0.4, -0.2) is 76.0 Å². The second-order valence-electron chi connectivity index (χ2n) is 13.3. The molecule has 2 bridgehead atoms. The van der Waals surface area contributed by atoms with Gasteiger partial charge in [-0.1, -0.05) is 24.3 Å². The van der Waals surface area contributed by atoms with Crippen molar-refractivity contribution in [2.75, 3.05) is 37.1 Å². The van der Waals surface area contributed by atoms with Crippen molar-refractivity contribution in [3.63, 3.8) is 0 Å². The fraction of sp³-hybridized carbons (Fsp3) is 0.316. The zero-order chi connectivity index (χ0) is 39.2. The number of piperazine rings is 1. The summed E-state index contributed by atoms with van der Waals surface area (Å²) < 4.78 is 86.4. The number of rotatable bonds is 10. The minimum Gasteiger partial charge on any atom is -0.497 e. The van der Waals surface area contributed by atoms with Crippen LogP contribution in [0.5, 0.6) is 11.5 Å². The first-order chi connectivity index (χ1) is 26.2. The Bertz CT molecular complexity index is 2190. The van der Waals surface area contributed by atoms with Crippen LogP contribution in [0, 0.1) is 22.4 Å². The summed E-state index contributed by atoms with van der Waals surface area (Å²) >= 11 is 1.43. The van der Waals surface area contributed by atoms with Gasteiger partial charge in [-0.05, 0) is 107 Å². The van der Waals surface area contributed by atoms with Crippen molar-refractivity contribution in [3.05, 3.63) is 92.8 Å². The van der Waals surface area contributed by atoms with Crippen LogP contribution in [0.25, 0.3) is 22.2 Å². The van der Waals surface area contributed by atoms with Crippen LogP contribution < -0.4 is 19.3 Å².